The van der Waals surface area contributed by atoms with Gasteiger partial charge in [0.25, 0.3) is 5.91 Å². The first kappa shape index (κ1) is 24.4. The predicted octanol–water partition coefficient (Wildman–Crippen LogP) is 5.45. The zero-order chi connectivity index (χ0) is 25.6. The van der Waals surface area contributed by atoms with Crippen LogP contribution in [0.3, 0.4) is 0 Å². The van der Waals surface area contributed by atoms with E-state index in [1.807, 2.05) is 30.3 Å². The van der Waals surface area contributed by atoms with Gasteiger partial charge in [-0.15, -0.1) is 5.10 Å². The van der Waals surface area contributed by atoms with Gasteiger partial charge in [-0.05, 0) is 55.3 Å². The predicted molar refractivity (Wildman–Crippen MR) is 140 cm³/mol. The SMILES string of the molecule is O=C(Cn1nc(-c2ccc(NC(=O)c3cccc(F)c3)cc2)nc1-c1ccccc1)NC1CCCCC1. The minimum atomic E-state index is -0.466. The zero-order valence-corrected chi connectivity index (χ0v) is 20.4. The lowest BCUT2D eigenvalue weighted by molar-refractivity contribution is -0.122. The Kier molecular flexibility index (Phi) is 7.35. The number of nitrogens with one attached hydrogen (secondary N) is 2. The van der Waals surface area contributed by atoms with Crippen molar-refractivity contribution in [2.75, 3.05) is 5.32 Å². The largest absolute Gasteiger partial charge is 0.352 e. The molecule has 0 saturated heterocycles. The van der Waals surface area contributed by atoms with E-state index in [0.717, 1.165) is 36.8 Å². The summed E-state index contributed by atoms with van der Waals surface area (Å²) in [5, 5.41) is 10.6. The lowest BCUT2D eigenvalue weighted by Crippen LogP contribution is -2.38. The number of carbonyl (C=O) groups is 2. The van der Waals surface area contributed by atoms with E-state index in [1.54, 1.807) is 35.0 Å². The number of carbonyl (C=O) groups excluding carboxylic acids is 2. The van der Waals surface area contributed by atoms with Crippen LogP contribution < -0.4 is 10.6 Å². The number of hydrogen-bond acceptors (Lipinski definition) is 4. The molecule has 0 spiro atoms. The highest BCUT2D eigenvalue weighted by molar-refractivity contribution is 6.04. The van der Waals surface area contributed by atoms with Gasteiger partial charge in [0.1, 0.15) is 12.4 Å². The first-order chi connectivity index (χ1) is 18.0. The molecule has 1 aromatic heterocycles. The van der Waals surface area contributed by atoms with E-state index in [-0.39, 0.29) is 24.1 Å². The number of rotatable bonds is 7. The maximum absolute atomic E-state index is 13.4. The van der Waals surface area contributed by atoms with E-state index in [4.69, 9.17) is 4.98 Å². The van der Waals surface area contributed by atoms with Gasteiger partial charge in [-0.3, -0.25) is 9.59 Å². The second-order valence-electron chi connectivity index (χ2n) is 9.23. The average molecular weight is 498 g/mol. The fraction of sp³-hybridized carbons (Fsp3) is 0.241. The van der Waals surface area contributed by atoms with Crippen LogP contribution in [0, 0.1) is 5.82 Å². The Hall–Kier alpha value is -4.33. The highest BCUT2D eigenvalue weighted by Gasteiger charge is 2.19. The molecule has 2 amide bonds. The van der Waals surface area contributed by atoms with Crippen molar-refractivity contribution in [1.29, 1.82) is 0 Å². The van der Waals surface area contributed by atoms with E-state index in [0.29, 0.717) is 17.3 Å². The molecule has 3 aromatic carbocycles. The third-order valence-corrected chi connectivity index (χ3v) is 6.46. The molecule has 188 valence electrons. The summed E-state index contributed by atoms with van der Waals surface area (Å²) < 4.78 is 15.1. The van der Waals surface area contributed by atoms with Crippen molar-refractivity contribution in [3.05, 3.63) is 90.2 Å². The third kappa shape index (κ3) is 6.09. The van der Waals surface area contributed by atoms with Crippen LogP contribution in [0.4, 0.5) is 10.1 Å². The lowest BCUT2D eigenvalue weighted by Gasteiger charge is -2.22. The molecule has 1 aliphatic carbocycles. The summed E-state index contributed by atoms with van der Waals surface area (Å²) in [6, 6.07) is 22.5. The Morgan fingerprint density at radius 2 is 1.65 bits per heavy atom. The van der Waals surface area contributed by atoms with Crippen LogP contribution in [-0.2, 0) is 11.3 Å². The van der Waals surface area contributed by atoms with E-state index in [2.05, 4.69) is 15.7 Å². The molecule has 37 heavy (non-hydrogen) atoms. The number of amides is 2. The number of aromatic nitrogens is 3. The lowest BCUT2D eigenvalue weighted by atomic mass is 9.95. The Balaban J connectivity index is 1.34. The summed E-state index contributed by atoms with van der Waals surface area (Å²) in [6.45, 7) is 0.0789. The van der Waals surface area contributed by atoms with Crippen LogP contribution in [0.1, 0.15) is 42.5 Å². The standard InChI is InChI=1S/C29H28FN5O2/c30-23-11-7-10-22(18-23)29(37)32-25-16-14-20(15-17-25)27-33-28(21-8-3-1-4-9-21)35(34-27)19-26(36)31-24-12-5-2-6-13-24/h1,3-4,7-11,14-18,24H,2,5-6,12-13,19H2,(H,31,36)(H,32,37). The van der Waals surface area contributed by atoms with Gasteiger partial charge in [0.2, 0.25) is 5.91 Å². The van der Waals surface area contributed by atoms with E-state index in [1.165, 1.54) is 24.6 Å². The van der Waals surface area contributed by atoms with Gasteiger partial charge in [-0.25, -0.2) is 14.1 Å². The normalized spacial score (nSPS) is 13.8. The van der Waals surface area contributed by atoms with Crippen LogP contribution in [-0.4, -0.2) is 32.6 Å². The highest BCUT2D eigenvalue weighted by atomic mass is 19.1. The second-order valence-corrected chi connectivity index (χ2v) is 9.23. The number of halogens is 1. The quantitative estimate of drug-likeness (QED) is 0.355. The molecular formula is C29H28FN5O2. The van der Waals surface area contributed by atoms with Gasteiger partial charge in [0.15, 0.2) is 11.6 Å². The van der Waals surface area contributed by atoms with Gasteiger partial charge in [-0.1, -0.05) is 55.7 Å². The molecule has 1 heterocycles. The zero-order valence-electron chi connectivity index (χ0n) is 20.4. The van der Waals surface area contributed by atoms with Crippen LogP contribution in [0.2, 0.25) is 0 Å². The molecule has 5 rings (SSSR count). The van der Waals surface area contributed by atoms with Gasteiger partial charge in [0.05, 0.1) is 0 Å². The van der Waals surface area contributed by atoms with Gasteiger partial charge in [0, 0.05) is 28.4 Å². The van der Waals surface area contributed by atoms with Crippen molar-refractivity contribution in [3.63, 3.8) is 0 Å². The topological polar surface area (TPSA) is 88.9 Å². The van der Waals surface area contributed by atoms with Crippen molar-refractivity contribution in [2.45, 2.75) is 44.7 Å². The van der Waals surface area contributed by atoms with Crippen molar-refractivity contribution in [3.8, 4) is 22.8 Å². The Morgan fingerprint density at radius 1 is 0.892 bits per heavy atom. The molecule has 1 aliphatic rings. The molecule has 1 fully saturated rings. The monoisotopic (exact) mass is 497 g/mol. The van der Waals surface area contributed by atoms with Gasteiger partial charge >= 0.3 is 0 Å². The molecule has 0 unspecified atom stereocenters. The molecule has 7 nitrogen and oxygen atoms in total. The van der Waals surface area contributed by atoms with Crippen molar-refractivity contribution < 1.29 is 14.0 Å². The minimum Gasteiger partial charge on any atom is -0.352 e. The van der Waals surface area contributed by atoms with Gasteiger partial charge < -0.3 is 10.6 Å². The third-order valence-electron chi connectivity index (χ3n) is 6.46. The maximum Gasteiger partial charge on any atom is 0.255 e. The molecule has 8 heteroatoms. The average Bonchev–Trinajstić information content (AvgIpc) is 3.33. The summed E-state index contributed by atoms with van der Waals surface area (Å²) in [7, 11) is 0. The maximum atomic E-state index is 13.4. The first-order valence-corrected chi connectivity index (χ1v) is 12.5. The molecule has 4 aromatic rings. The summed E-state index contributed by atoms with van der Waals surface area (Å²) in [5.74, 6) is 0.150. The summed E-state index contributed by atoms with van der Waals surface area (Å²) in [6.07, 6.45) is 5.55. The number of hydrogen-bond donors (Lipinski definition) is 2. The first-order valence-electron chi connectivity index (χ1n) is 12.5. The molecule has 0 radical (unpaired) electrons. The van der Waals surface area contributed by atoms with E-state index >= 15 is 0 Å². The molecular weight excluding hydrogens is 469 g/mol. The number of benzene rings is 3. The van der Waals surface area contributed by atoms with Crippen LogP contribution in [0.25, 0.3) is 22.8 Å². The summed E-state index contributed by atoms with van der Waals surface area (Å²) >= 11 is 0. The van der Waals surface area contributed by atoms with E-state index in [9.17, 15) is 14.0 Å². The molecule has 2 N–H and O–H groups in total. The highest BCUT2D eigenvalue weighted by Crippen LogP contribution is 2.24. The number of anilines is 1. The van der Waals surface area contributed by atoms with Crippen LogP contribution >= 0.6 is 0 Å². The van der Waals surface area contributed by atoms with Crippen molar-refractivity contribution >= 4 is 17.5 Å². The minimum absolute atomic E-state index is 0.0732. The second kappa shape index (κ2) is 11.2. The smallest absolute Gasteiger partial charge is 0.255 e. The molecule has 0 aliphatic heterocycles. The molecule has 1 saturated carbocycles. The summed E-state index contributed by atoms with van der Waals surface area (Å²) in [5.41, 5.74) is 2.41. The Labute approximate surface area is 214 Å². The summed E-state index contributed by atoms with van der Waals surface area (Å²) in [4.78, 5) is 30.0. The van der Waals surface area contributed by atoms with Gasteiger partial charge in [-0.2, -0.15) is 0 Å². The Bertz CT molecular complexity index is 1380. The number of nitrogens with zero attached hydrogens (tertiary/aromatic N) is 3. The molecule has 0 atom stereocenters. The van der Waals surface area contributed by atoms with E-state index < -0.39 is 11.7 Å². The fourth-order valence-electron chi connectivity index (χ4n) is 4.57. The van der Waals surface area contributed by atoms with Crippen LogP contribution in [0.5, 0.6) is 0 Å². The van der Waals surface area contributed by atoms with Crippen molar-refractivity contribution in [1.82, 2.24) is 20.1 Å². The van der Waals surface area contributed by atoms with Crippen LogP contribution in [0.15, 0.2) is 78.9 Å². The Morgan fingerprint density at radius 3 is 2.38 bits per heavy atom. The fourth-order valence-corrected chi connectivity index (χ4v) is 4.57. The van der Waals surface area contributed by atoms with Crippen molar-refractivity contribution in [2.24, 2.45) is 0 Å². The molecule has 0 bridgehead atoms.